The molecule has 0 amide bonds. The van der Waals surface area contributed by atoms with Gasteiger partial charge in [-0.1, -0.05) is 12.1 Å². The molecule has 0 radical (unpaired) electrons. The fraction of sp³-hybridized carbons (Fsp3) is 0.133. The van der Waals surface area contributed by atoms with Crippen molar-refractivity contribution in [3.05, 3.63) is 64.7 Å². The SMILES string of the molecule is Cc1ccc(SCc2ccc(F)c(F)c2)cc1C(=O)O. The van der Waals surface area contributed by atoms with Crippen LogP contribution in [0.25, 0.3) is 0 Å². The number of benzene rings is 2. The molecule has 20 heavy (non-hydrogen) atoms. The molecule has 2 aromatic rings. The Morgan fingerprint density at radius 1 is 1.15 bits per heavy atom. The van der Waals surface area contributed by atoms with Gasteiger partial charge in [0.2, 0.25) is 0 Å². The summed E-state index contributed by atoms with van der Waals surface area (Å²) >= 11 is 1.38. The Hall–Kier alpha value is -1.88. The van der Waals surface area contributed by atoms with Gasteiger partial charge in [0.05, 0.1) is 5.56 Å². The van der Waals surface area contributed by atoms with E-state index in [4.69, 9.17) is 5.11 Å². The third-order valence-corrected chi connectivity index (χ3v) is 3.89. The van der Waals surface area contributed by atoms with Crippen molar-refractivity contribution in [1.29, 1.82) is 0 Å². The summed E-state index contributed by atoms with van der Waals surface area (Å²) in [5.74, 6) is -2.28. The van der Waals surface area contributed by atoms with Crippen LogP contribution in [0.3, 0.4) is 0 Å². The van der Waals surface area contributed by atoms with E-state index in [1.165, 1.54) is 17.8 Å². The maximum atomic E-state index is 13.1. The number of aryl methyl sites for hydroxylation is 1. The lowest BCUT2D eigenvalue weighted by Crippen LogP contribution is -1.99. The van der Waals surface area contributed by atoms with E-state index < -0.39 is 17.6 Å². The molecule has 5 heteroatoms. The summed E-state index contributed by atoms with van der Waals surface area (Å²) in [6, 6.07) is 8.88. The predicted molar refractivity (Wildman–Crippen MR) is 74.1 cm³/mol. The fourth-order valence-corrected chi connectivity index (χ4v) is 2.60. The molecule has 0 fully saturated rings. The molecule has 2 rings (SSSR count). The molecule has 0 aliphatic heterocycles. The van der Waals surface area contributed by atoms with Crippen molar-refractivity contribution >= 4 is 17.7 Å². The van der Waals surface area contributed by atoms with Gasteiger partial charge < -0.3 is 5.11 Å². The fourth-order valence-electron chi connectivity index (χ4n) is 1.72. The molecule has 0 saturated carbocycles. The normalized spacial score (nSPS) is 10.6. The first-order valence-electron chi connectivity index (χ1n) is 5.88. The summed E-state index contributed by atoms with van der Waals surface area (Å²) in [6.45, 7) is 1.73. The van der Waals surface area contributed by atoms with Crippen molar-refractivity contribution in [3.8, 4) is 0 Å². The molecule has 0 atom stereocenters. The van der Waals surface area contributed by atoms with Crippen LogP contribution in [0.1, 0.15) is 21.5 Å². The summed E-state index contributed by atoms with van der Waals surface area (Å²) < 4.78 is 25.9. The summed E-state index contributed by atoms with van der Waals surface area (Å²) in [6.07, 6.45) is 0. The van der Waals surface area contributed by atoms with E-state index in [1.807, 2.05) is 6.07 Å². The molecule has 0 aliphatic carbocycles. The average molecular weight is 294 g/mol. The van der Waals surface area contributed by atoms with E-state index in [0.717, 1.165) is 17.0 Å². The largest absolute Gasteiger partial charge is 0.478 e. The van der Waals surface area contributed by atoms with Crippen LogP contribution >= 0.6 is 11.8 Å². The molecular weight excluding hydrogens is 282 g/mol. The number of carboxylic acids is 1. The van der Waals surface area contributed by atoms with Gasteiger partial charge in [-0.3, -0.25) is 0 Å². The number of aromatic carboxylic acids is 1. The molecule has 2 nitrogen and oxygen atoms in total. The van der Waals surface area contributed by atoms with Crippen LogP contribution in [0.15, 0.2) is 41.3 Å². The molecule has 1 N–H and O–H groups in total. The van der Waals surface area contributed by atoms with Crippen LogP contribution in [0.4, 0.5) is 8.78 Å². The van der Waals surface area contributed by atoms with Crippen molar-refractivity contribution in [1.82, 2.24) is 0 Å². The highest BCUT2D eigenvalue weighted by Gasteiger charge is 2.09. The van der Waals surface area contributed by atoms with Crippen LogP contribution in [-0.4, -0.2) is 11.1 Å². The number of hydrogen-bond donors (Lipinski definition) is 1. The second-order valence-corrected chi connectivity index (χ2v) is 5.37. The third-order valence-electron chi connectivity index (χ3n) is 2.83. The average Bonchev–Trinajstić information content (AvgIpc) is 2.41. The lowest BCUT2D eigenvalue weighted by Gasteiger charge is -2.06. The van der Waals surface area contributed by atoms with E-state index in [1.54, 1.807) is 19.1 Å². The monoisotopic (exact) mass is 294 g/mol. The highest BCUT2D eigenvalue weighted by atomic mass is 32.2. The first-order chi connectivity index (χ1) is 9.47. The molecule has 0 unspecified atom stereocenters. The van der Waals surface area contributed by atoms with Crippen LogP contribution in [-0.2, 0) is 5.75 Å². The molecule has 2 aromatic carbocycles. The number of halogens is 2. The quantitative estimate of drug-likeness (QED) is 0.856. The number of carboxylic acid groups (broad SMARTS) is 1. The molecule has 0 saturated heterocycles. The smallest absolute Gasteiger partial charge is 0.335 e. The van der Waals surface area contributed by atoms with Gasteiger partial charge >= 0.3 is 5.97 Å². The van der Waals surface area contributed by atoms with Gasteiger partial charge in [-0.05, 0) is 42.3 Å². The number of thioether (sulfide) groups is 1. The lowest BCUT2D eigenvalue weighted by molar-refractivity contribution is 0.0696. The van der Waals surface area contributed by atoms with Crippen molar-refractivity contribution in [3.63, 3.8) is 0 Å². The van der Waals surface area contributed by atoms with E-state index in [9.17, 15) is 13.6 Å². The van der Waals surface area contributed by atoms with Crippen LogP contribution in [0.2, 0.25) is 0 Å². The minimum absolute atomic E-state index is 0.250. The number of hydrogen-bond acceptors (Lipinski definition) is 2. The summed E-state index contributed by atoms with van der Waals surface area (Å²) in [4.78, 5) is 11.8. The Morgan fingerprint density at radius 3 is 2.55 bits per heavy atom. The number of rotatable bonds is 4. The Kier molecular flexibility index (Phi) is 4.39. The zero-order valence-corrected chi connectivity index (χ0v) is 11.5. The van der Waals surface area contributed by atoms with Gasteiger partial charge in [0, 0.05) is 10.6 Å². The molecule has 104 valence electrons. The standard InChI is InChI=1S/C15H12F2O2S/c1-9-2-4-11(7-12(9)15(18)19)20-8-10-3-5-13(16)14(17)6-10/h2-7H,8H2,1H3,(H,18,19). The van der Waals surface area contributed by atoms with Gasteiger partial charge in [0.25, 0.3) is 0 Å². The molecule has 0 spiro atoms. The van der Waals surface area contributed by atoms with Crippen LogP contribution in [0.5, 0.6) is 0 Å². The van der Waals surface area contributed by atoms with Crippen molar-refractivity contribution < 1.29 is 18.7 Å². The van der Waals surface area contributed by atoms with E-state index >= 15 is 0 Å². The van der Waals surface area contributed by atoms with E-state index in [0.29, 0.717) is 16.9 Å². The lowest BCUT2D eigenvalue weighted by atomic mass is 10.1. The summed E-state index contributed by atoms with van der Waals surface area (Å²) in [5, 5.41) is 9.04. The van der Waals surface area contributed by atoms with Crippen molar-refractivity contribution in [2.24, 2.45) is 0 Å². The first-order valence-corrected chi connectivity index (χ1v) is 6.86. The minimum Gasteiger partial charge on any atom is -0.478 e. The predicted octanol–water partition coefficient (Wildman–Crippen LogP) is 4.26. The van der Waals surface area contributed by atoms with E-state index in [-0.39, 0.29) is 5.56 Å². The Bertz CT molecular complexity index is 656. The van der Waals surface area contributed by atoms with Crippen LogP contribution < -0.4 is 0 Å². The second-order valence-electron chi connectivity index (χ2n) is 4.32. The van der Waals surface area contributed by atoms with Gasteiger partial charge in [0.15, 0.2) is 11.6 Å². The number of carbonyl (C=O) groups is 1. The summed E-state index contributed by atoms with van der Waals surface area (Å²) in [7, 11) is 0. The second kappa shape index (κ2) is 6.05. The Balaban J connectivity index is 2.12. The maximum absolute atomic E-state index is 13.1. The molecule has 0 aliphatic rings. The molecular formula is C15H12F2O2S. The van der Waals surface area contributed by atoms with Gasteiger partial charge in [-0.15, -0.1) is 11.8 Å². The van der Waals surface area contributed by atoms with Gasteiger partial charge in [-0.2, -0.15) is 0 Å². The maximum Gasteiger partial charge on any atom is 0.335 e. The molecule has 0 aromatic heterocycles. The minimum atomic E-state index is -0.974. The topological polar surface area (TPSA) is 37.3 Å². The molecule has 0 heterocycles. The highest BCUT2D eigenvalue weighted by Crippen LogP contribution is 2.25. The summed E-state index contributed by atoms with van der Waals surface area (Å²) in [5.41, 5.74) is 1.58. The van der Waals surface area contributed by atoms with Crippen molar-refractivity contribution in [2.45, 2.75) is 17.6 Å². The van der Waals surface area contributed by atoms with Crippen molar-refractivity contribution in [2.75, 3.05) is 0 Å². The Labute approximate surface area is 119 Å². The first kappa shape index (κ1) is 14.5. The van der Waals surface area contributed by atoms with Gasteiger partial charge in [0.1, 0.15) is 0 Å². The van der Waals surface area contributed by atoms with Gasteiger partial charge in [-0.25, -0.2) is 13.6 Å². The highest BCUT2D eigenvalue weighted by molar-refractivity contribution is 7.98. The van der Waals surface area contributed by atoms with Crippen LogP contribution in [0, 0.1) is 18.6 Å². The van der Waals surface area contributed by atoms with E-state index in [2.05, 4.69) is 0 Å². The third kappa shape index (κ3) is 3.36. The zero-order valence-electron chi connectivity index (χ0n) is 10.7. The zero-order chi connectivity index (χ0) is 14.7. The Morgan fingerprint density at radius 2 is 1.90 bits per heavy atom. The molecule has 0 bridgehead atoms.